The number of fused-ring (bicyclic) bond motifs is 1. The maximum Gasteiger partial charge on any atom is 0.244 e. The molecule has 0 aliphatic carbocycles. The van der Waals surface area contributed by atoms with Crippen LogP contribution in [0.15, 0.2) is 115 Å². The third-order valence-corrected chi connectivity index (χ3v) is 9.39. The summed E-state index contributed by atoms with van der Waals surface area (Å²) in [4.78, 5) is 56.1. The van der Waals surface area contributed by atoms with Gasteiger partial charge in [0.2, 0.25) is 17.7 Å². The predicted molar refractivity (Wildman–Crippen MR) is 198 cm³/mol. The Morgan fingerprint density at radius 2 is 1.46 bits per heavy atom. The van der Waals surface area contributed by atoms with Crippen molar-refractivity contribution in [1.29, 1.82) is 0 Å². The fraction of sp³-hybridized carbons (Fsp3) is 0.333. The van der Waals surface area contributed by atoms with E-state index in [2.05, 4.69) is 16.0 Å². The van der Waals surface area contributed by atoms with Crippen molar-refractivity contribution in [3.05, 3.63) is 132 Å². The van der Waals surface area contributed by atoms with E-state index in [1.807, 2.05) is 129 Å². The highest BCUT2D eigenvalue weighted by molar-refractivity contribution is 6.01. The van der Waals surface area contributed by atoms with Crippen LogP contribution >= 0.6 is 0 Å². The lowest BCUT2D eigenvalue weighted by atomic mass is 9.98. The molecule has 0 unspecified atom stereocenters. The van der Waals surface area contributed by atoms with Crippen LogP contribution in [0.25, 0.3) is 10.8 Å². The summed E-state index contributed by atoms with van der Waals surface area (Å²) < 4.78 is 0. The molecule has 1 aliphatic heterocycles. The fourth-order valence-corrected chi connectivity index (χ4v) is 6.42. The second kappa shape index (κ2) is 17.5. The molecule has 1 heterocycles. The maximum absolute atomic E-state index is 13.9. The van der Waals surface area contributed by atoms with Gasteiger partial charge in [-0.1, -0.05) is 123 Å². The number of piperidine rings is 1. The Morgan fingerprint density at radius 1 is 0.780 bits per heavy atom. The lowest BCUT2D eigenvalue weighted by Crippen LogP contribution is -2.57. The molecule has 4 atom stereocenters. The highest BCUT2D eigenvalue weighted by atomic mass is 16.2. The zero-order valence-corrected chi connectivity index (χ0v) is 29.2. The first-order chi connectivity index (χ1) is 24.2. The average Bonchev–Trinajstić information content (AvgIpc) is 3.13. The third kappa shape index (κ3) is 9.98. The van der Waals surface area contributed by atoms with E-state index in [9.17, 15) is 19.2 Å². The molecule has 1 aliphatic rings. The molecule has 4 aromatic rings. The molecule has 3 N–H and O–H groups in total. The summed E-state index contributed by atoms with van der Waals surface area (Å²) in [5.41, 5.74) is 2.52. The van der Waals surface area contributed by atoms with Crippen LogP contribution in [0.2, 0.25) is 0 Å². The highest BCUT2D eigenvalue weighted by Gasteiger charge is 2.33. The summed E-state index contributed by atoms with van der Waals surface area (Å²) in [6.07, 6.45) is 5.82. The fourth-order valence-electron chi connectivity index (χ4n) is 6.42. The molecule has 0 spiro atoms. The first-order valence-electron chi connectivity index (χ1n) is 17.6. The van der Waals surface area contributed by atoms with Crippen molar-refractivity contribution in [2.24, 2.45) is 5.92 Å². The minimum absolute atomic E-state index is 0.0161. The number of likely N-dealkylation sites (tertiary alicyclic amines) is 1. The lowest BCUT2D eigenvalue weighted by Gasteiger charge is -2.35. The Bertz CT molecular complexity index is 1790. The molecule has 0 radical (unpaired) electrons. The zero-order valence-electron chi connectivity index (χ0n) is 29.2. The molecule has 0 saturated carbocycles. The topological polar surface area (TPSA) is 108 Å². The van der Waals surface area contributed by atoms with Crippen LogP contribution in [0.3, 0.4) is 0 Å². The number of hydrogen-bond acceptors (Lipinski definition) is 5. The van der Waals surface area contributed by atoms with E-state index in [4.69, 9.17) is 0 Å². The maximum atomic E-state index is 13.9. The standard InChI is InChI=1S/C42H48N4O4/c1-29(2)36(23-24-40(48)43-30(3)32-16-8-5-9-17-32)44-41(49)37(26-31-14-6-4-7-15-31)45-42(50)38-20-12-13-25-46(38)28-39(47)35-22-21-33-18-10-11-19-34(33)27-35/h4-11,14-19,21-24,27,29-30,36-38H,12-13,20,25-26,28H2,1-3H3,(H,43,48)(H,44,49)(H,45,50)/b24-23+/t30-,36+,37-,38-/m0/s1. The normalized spacial score (nSPS) is 16.8. The van der Waals surface area contributed by atoms with Gasteiger partial charge in [-0.2, -0.15) is 0 Å². The Hall–Kier alpha value is -5.08. The SMILES string of the molecule is CC(C)[C@@H](/C=C/C(=O)N[C@@H](C)c1ccccc1)NC(=O)[C@H](Cc1ccccc1)NC(=O)[C@@H]1CCCCN1CC(=O)c1ccc2ccccc2c1. The summed E-state index contributed by atoms with van der Waals surface area (Å²) in [6.45, 7) is 6.61. The number of nitrogens with zero attached hydrogens (tertiary/aromatic N) is 1. The van der Waals surface area contributed by atoms with E-state index in [0.717, 1.165) is 34.7 Å². The van der Waals surface area contributed by atoms with E-state index in [0.29, 0.717) is 24.9 Å². The van der Waals surface area contributed by atoms with Crippen molar-refractivity contribution in [3.8, 4) is 0 Å². The lowest BCUT2D eigenvalue weighted by molar-refractivity contribution is -0.133. The summed E-state index contributed by atoms with van der Waals surface area (Å²) >= 11 is 0. The second-order valence-corrected chi connectivity index (χ2v) is 13.5. The second-order valence-electron chi connectivity index (χ2n) is 13.5. The number of ketones is 1. The quantitative estimate of drug-likeness (QED) is 0.110. The number of nitrogens with one attached hydrogen (secondary N) is 3. The molecule has 1 fully saturated rings. The van der Waals surface area contributed by atoms with E-state index < -0.39 is 18.1 Å². The smallest absolute Gasteiger partial charge is 0.244 e. The van der Waals surface area contributed by atoms with Gasteiger partial charge in [0.25, 0.3) is 0 Å². The molecule has 8 nitrogen and oxygen atoms in total. The summed E-state index contributed by atoms with van der Waals surface area (Å²) in [7, 11) is 0. The molecule has 50 heavy (non-hydrogen) atoms. The zero-order chi connectivity index (χ0) is 35.5. The Kier molecular flexibility index (Phi) is 12.7. The molecule has 0 bridgehead atoms. The van der Waals surface area contributed by atoms with Gasteiger partial charge in [-0.3, -0.25) is 24.1 Å². The van der Waals surface area contributed by atoms with Crippen LogP contribution < -0.4 is 16.0 Å². The van der Waals surface area contributed by atoms with E-state index >= 15 is 0 Å². The van der Waals surface area contributed by atoms with Crippen LogP contribution in [0.4, 0.5) is 0 Å². The highest BCUT2D eigenvalue weighted by Crippen LogP contribution is 2.21. The van der Waals surface area contributed by atoms with Crippen molar-refractivity contribution in [2.45, 2.75) is 70.6 Å². The van der Waals surface area contributed by atoms with Gasteiger partial charge < -0.3 is 16.0 Å². The summed E-state index contributed by atoms with van der Waals surface area (Å²) in [5, 5.41) is 11.2. The minimum atomic E-state index is -0.855. The van der Waals surface area contributed by atoms with Crippen LogP contribution in [0.1, 0.15) is 67.6 Å². The van der Waals surface area contributed by atoms with E-state index in [-0.39, 0.29) is 42.0 Å². The molecular weight excluding hydrogens is 624 g/mol. The number of rotatable bonds is 14. The summed E-state index contributed by atoms with van der Waals surface area (Å²) in [6, 6.07) is 30.9. The third-order valence-electron chi connectivity index (χ3n) is 9.39. The van der Waals surface area contributed by atoms with Crippen molar-refractivity contribution in [2.75, 3.05) is 13.1 Å². The number of Topliss-reactive ketones (excluding diaryl/α,β-unsaturated/α-hetero) is 1. The molecule has 5 rings (SSSR count). The molecule has 4 aromatic carbocycles. The molecule has 0 aromatic heterocycles. The Labute approximate surface area is 295 Å². The summed E-state index contributed by atoms with van der Waals surface area (Å²) in [5.74, 6) is -0.914. The number of carbonyl (C=O) groups is 4. The molecule has 8 heteroatoms. The van der Waals surface area contributed by atoms with Crippen molar-refractivity contribution >= 4 is 34.3 Å². The van der Waals surface area contributed by atoms with Crippen LogP contribution in [0, 0.1) is 5.92 Å². The molecule has 1 saturated heterocycles. The van der Waals surface area contributed by atoms with Crippen molar-refractivity contribution < 1.29 is 19.2 Å². The van der Waals surface area contributed by atoms with Gasteiger partial charge in [0.15, 0.2) is 5.78 Å². The molecule has 260 valence electrons. The number of hydrogen-bond donors (Lipinski definition) is 3. The van der Waals surface area contributed by atoms with E-state index in [1.165, 1.54) is 6.08 Å². The van der Waals surface area contributed by atoms with Gasteiger partial charge in [0.05, 0.1) is 18.6 Å². The van der Waals surface area contributed by atoms with E-state index in [1.54, 1.807) is 6.08 Å². The first-order valence-corrected chi connectivity index (χ1v) is 17.6. The minimum Gasteiger partial charge on any atom is -0.348 e. The van der Waals surface area contributed by atoms with Gasteiger partial charge in [-0.25, -0.2) is 0 Å². The Balaban J connectivity index is 1.27. The Morgan fingerprint density at radius 3 is 2.18 bits per heavy atom. The average molecular weight is 673 g/mol. The monoisotopic (exact) mass is 672 g/mol. The van der Waals surface area contributed by atoms with Crippen LogP contribution in [-0.4, -0.2) is 59.6 Å². The van der Waals surface area contributed by atoms with Crippen LogP contribution in [0.5, 0.6) is 0 Å². The largest absolute Gasteiger partial charge is 0.348 e. The van der Waals surface area contributed by atoms with Gasteiger partial charge in [0, 0.05) is 24.1 Å². The number of amides is 3. The van der Waals surface area contributed by atoms with Gasteiger partial charge in [0.1, 0.15) is 6.04 Å². The molecular formula is C42H48N4O4. The first kappa shape index (κ1) is 36.2. The van der Waals surface area contributed by atoms with Crippen molar-refractivity contribution in [3.63, 3.8) is 0 Å². The van der Waals surface area contributed by atoms with Crippen molar-refractivity contribution in [1.82, 2.24) is 20.9 Å². The van der Waals surface area contributed by atoms with Gasteiger partial charge in [-0.05, 0) is 60.2 Å². The predicted octanol–water partition coefficient (Wildman–Crippen LogP) is 6.18. The molecule has 3 amide bonds. The van der Waals surface area contributed by atoms with Crippen LogP contribution in [-0.2, 0) is 20.8 Å². The van der Waals surface area contributed by atoms with Gasteiger partial charge >= 0.3 is 0 Å². The number of benzene rings is 4. The van der Waals surface area contributed by atoms with Gasteiger partial charge in [-0.15, -0.1) is 0 Å². The number of carbonyl (C=O) groups excluding carboxylic acids is 4.